The summed E-state index contributed by atoms with van der Waals surface area (Å²) >= 11 is 2.44. The van der Waals surface area contributed by atoms with Crippen molar-refractivity contribution in [1.29, 1.82) is 0 Å². The summed E-state index contributed by atoms with van der Waals surface area (Å²) in [6, 6.07) is 0.374. The van der Waals surface area contributed by atoms with E-state index in [-0.39, 0.29) is 0 Å². The molecule has 23 heavy (non-hydrogen) atoms. The first-order chi connectivity index (χ1) is 11.1. The van der Waals surface area contributed by atoms with E-state index in [0.29, 0.717) is 16.0 Å². The number of hydrogen-bond acceptors (Lipinski definition) is 7. The maximum Gasteiger partial charge on any atom is 0.322 e. The number of hydrogen-bond donors (Lipinski definition) is 0. The van der Waals surface area contributed by atoms with Crippen LogP contribution in [0.2, 0.25) is 0 Å². The molecule has 0 spiro atoms. The van der Waals surface area contributed by atoms with E-state index in [2.05, 4.69) is 42.4 Å². The van der Waals surface area contributed by atoms with Crippen molar-refractivity contribution in [2.45, 2.75) is 55.0 Å². The molecule has 2 fully saturated rings. The zero-order valence-electron chi connectivity index (χ0n) is 13.8. The largest absolute Gasteiger partial charge is 0.451 e. The number of methoxy groups -OCH3 is 2. The van der Waals surface area contributed by atoms with Gasteiger partial charge in [-0.3, -0.25) is 0 Å². The van der Waals surface area contributed by atoms with Crippen LogP contribution in [0.25, 0.3) is 0 Å². The summed E-state index contributed by atoms with van der Waals surface area (Å²) in [7, 11) is 3.25. The van der Waals surface area contributed by atoms with Gasteiger partial charge in [0.1, 0.15) is 5.82 Å². The maximum absolute atomic E-state index is 6.09. The van der Waals surface area contributed by atoms with Crippen LogP contribution in [-0.4, -0.2) is 51.7 Å². The third kappa shape index (κ3) is 3.53. The molecular formula is C15H23IN4O3. The van der Waals surface area contributed by atoms with Crippen LogP contribution in [0.4, 0.5) is 5.95 Å². The second kappa shape index (κ2) is 7.02. The lowest BCUT2D eigenvalue weighted by atomic mass is 10.3. The SMILES string of the molecule is CCc1nc(OC2(C(OC)OC)CC2)nc(N2CCC[C@H]2I)n1. The predicted octanol–water partition coefficient (Wildman–Crippen LogP) is 2.33. The minimum atomic E-state index is -0.470. The van der Waals surface area contributed by atoms with E-state index < -0.39 is 11.9 Å². The van der Waals surface area contributed by atoms with Crippen LogP contribution < -0.4 is 9.64 Å². The van der Waals surface area contributed by atoms with Gasteiger partial charge in [-0.2, -0.15) is 15.0 Å². The Labute approximate surface area is 150 Å². The van der Waals surface area contributed by atoms with Crippen molar-refractivity contribution < 1.29 is 14.2 Å². The molecule has 1 saturated carbocycles. The van der Waals surface area contributed by atoms with Crippen molar-refractivity contribution in [1.82, 2.24) is 15.0 Å². The van der Waals surface area contributed by atoms with E-state index in [4.69, 9.17) is 14.2 Å². The van der Waals surface area contributed by atoms with Crippen molar-refractivity contribution in [3.8, 4) is 6.01 Å². The Bertz CT molecular complexity index is 552. The summed E-state index contributed by atoms with van der Waals surface area (Å²) in [5.41, 5.74) is -0.470. The third-order valence-corrected chi connectivity index (χ3v) is 5.59. The van der Waals surface area contributed by atoms with Crippen LogP contribution in [0.5, 0.6) is 6.01 Å². The highest BCUT2D eigenvalue weighted by atomic mass is 127. The van der Waals surface area contributed by atoms with Crippen LogP contribution in [0, 0.1) is 0 Å². The van der Waals surface area contributed by atoms with E-state index in [1.54, 1.807) is 14.2 Å². The first kappa shape index (κ1) is 17.1. The van der Waals surface area contributed by atoms with E-state index in [0.717, 1.165) is 44.5 Å². The van der Waals surface area contributed by atoms with E-state index in [1.165, 1.54) is 0 Å². The molecule has 128 valence electrons. The van der Waals surface area contributed by atoms with E-state index in [1.807, 2.05) is 6.92 Å². The fourth-order valence-electron chi connectivity index (χ4n) is 2.89. The smallest absolute Gasteiger partial charge is 0.322 e. The molecule has 0 unspecified atom stereocenters. The van der Waals surface area contributed by atoms with Crippen molar-refractivity contribution in [3.63, 3.8) is 0 Å². The lowest BCUT2D eigenvalue weighted by Crippen LogP contribution is -2.38. The summed E-state index contributed by atoms with van der Waals surface area (Å²) in [6.45, 7) is 3.01. The van der Waals surface area contributed by atoms with Gasteiger partial charge < -0.3 is 19.1 Å². The van der Waals surface area contributed by atoms with Gasteiger partial charge in [0, 0.05) is 27.2 Å². The van der Waals surface area contributed by atoms with Gasteiger partial charge in [0.25, 0.3) is 0 Å². The van der Waals surface area contributed by atoms with Crippen molar-refractivity contribution in [2.24, 2.45) is 0 Å². The number of rotatable bonds is 7. The highest BCUT2D eigenvalue weighted by molar-refractivity contribution is 14.1. The van der Waals surface area contributed by atoms with Crippen molar-refractivity contribution in [3.05, 3.63) is 5.82 Å². The molecule has 1 aromatic rings. The molecule has 1 saturated heterocycles. The number of halogens is 1. The van der Waals surface area contributed by atoms with Crippen LogP contribution in [0.1, 0.15) is 38.4 Å². The highest BCUT2D eigenvalue weighted by Crippen LogP contribution is 2.44. The molecule has 8 heteroatoms. The first-order valence-corrected chi connectivity index (χ1v) is 9.26. The fraction of sp³-hybridized carbons (Fsp3) is 0.800. The zero-order chi connectivity index (χ0) is 16.4. The summed E-state index contributed by atoms with van der Waals surface area (Å²) < 4.78 is 17.3. The van der Waals surface area contributed by atoms with Gasteiger partial charge >= 0.3 is 6.01 Å². The Balaban J connectivity index is 1.84. The van der Waals surface area contributed by atoms with Gasteiger partial charge in [-0.15, -0.1) is 0 Å². The molecule has 1 atom stereocenters. The molecule has 7 nitrogen and oxygen atoms in total. The van der Waals surface area contributed by atoms with Gasteiger partial charge in [0.2, 0.25) is 5.95 Å². The second-order valence-electron chi connectivity index (χ2n) is 5.93. The van der Waals surface area contributed by atoms with Gasteiger partial charge in [-0.25, -0.2) is 0 Å². The average molecular weight is 434 g/mol. The maximum atomic E-state index is 6.09. The molecule has 3 rings (SSSR count). The molecule has 1 aromatic heterocycles. The van der Waals surface area contributed by atoms with Crippen LogP contribution in [0.3, 0.4) is 0 Å². The van der Waals surface area contributed by atoms with Gasteiger partial charge in [0.15, 0.2) is 11.9 Å². The molecule has 1 aliphatic carbocycles. The lowest BCUT2D eigenvalue weighted by Gasteiger charge is -2.25. The molecule has 2 aliphatic rings. The Morgan fingerprint density at radius 3 is 2.52 bits per heavy atom. The summed E-state index contributed by atoms with van der Waals surface area (Å²) in [5.74, 6) is 1.47. The third-order valence-electron chi connectivity index (χ3n) is 4.30. The number of anilines is 1. The van der Waals surface area contributed by atoms with E-state index in [9.17, 15) is 0 Å². The molecule has 0 radical (unpaired) electrons. The number of ether oxygens (including phenoxy) is 3. The number of nitrogens with zero attached hydrogens (tertiary/aromatic N) is 4. The van der Waals surface area contributed by atoms with Crippen LogP contribution in [-0.2, 0) is 15.9 Å². The molecule has 2 heterocycles. The summed E-state index contributed by atoms with van der Waals surface area (Å²) in [6.07, 6.45) is 4.41. The number of aryl methyl sites for hydroxylation is 1. The van der Waals surface area contributed by atoms with Crippen molar-refractivity contribution in [2.75, 3.05) is 25.7 Å². The van der Waals surface area contributed by atoms with Crippen LogP contribution >= 0.6 is 22.6 Å². The molecule has 1 aliphatic heterocycles. The predicted molar refractivity (Wildman–Crippen MR) is 94.0 cm³/mol. The normalized spacial score (nSPS) is 22.7. The Hall–Kier alpha value is -0.740. The quantitative estimate of drug-likeness (QED) is 0.282. The topological polar surface area (TPSA) is 69.6 Å². The average Bonchev–Trinajstić information content (AvgIpc) is 3.19. The molecule has 0 amide bonds. The van der Waals surface area contributed by atoms with Gasteiger partial charge in [-0.1, -0.05) is 29.5 Å². The second-order valence-corrected chi connectivity index (χ2v) is 7.37. The molecule has 0 bridgehead atoms. The van der Waals surface area contributed by atoms with Gasteiger partial charge in [-0.05, 0) is 25.7 Å². The monoisotopic (exact) mass is 434 g/mol. The molecular weight excluding hydrogens is 411 g/mol. The van der Waals surface area contributed by atoms with Crippen LogP contribution in [0.15, 0.2) is 0 Å². The number of alkyl halides is 1. The Morgan fingerprint density at radius 1 is 1.26 bits per heavy atom. The minimum absolute atomic E-state index is 0.374. The summed E-state index contributed by atoms with van der Waals surface area (Å²) in [4.78, 5) is 15.8. The standard InChI is InChI=1S/C15H23IN4O3/c1-4-11-17-13(20-9-5-6-10(20)16)19-14(18-11)23-15(7-8-15)12(21-2)22-3/h10,12H,4-9H2,1-3H3/t10-/m0/s1. The van der Waals surface area contributed by atoms with Gasteiger partial charge in [0.05, 0.1) is 4.05 Å². The van der Waals surface area contributed by atoms with E-state index >= 15 is 0 Å². The Morgan fingerprint density at radius 2 is 2.00 bits per heavy atom. The molecule has 0 N–H and O–H groups in total. The molecule has 0 aromatic carbocycles. The lowest BCUT2D eigenvalue weighted by molar-refractivity contribution is -0.169. The first-order valence-electron chi connectivity index (χ1n) is 8.02. The Kier molecular flexibility index (Phi) is 5.22. The minimum Gasteiger partial charge on any atom is -0.451 e. The fourth-order valence-corrected chi connectivity index (χ4v) is 3.85. The highest BCUT2D eigenvalue weighted by Gasteiger charge is 2.54. The zero-order valence-corrected chi connectivity index (χ0v) is 15.9. The summed E-state index contributed by atoms with van der Waals surface area (Å²) in [5, 5.41) is 0. The van der Waals surface area contributed by atoms with Crippen molar-refractivity contribution >= 4 is 28.5 Å². The number of aromatic nitrogens is 3.